The summed E-state index contributed by atoms with van der Waals surface area (Å²) < 4.78 is 7.09. The van der Waals surface area contributed by atoms with Gasteiger partial charge in [0.15, 0.2) is 10.8 Å². The molecule has 6 rings (SSSR count). The minimum absolute atomic E-state index is 0.297. The fraction of sp³-hybridized carbons (Fsp3) is 0.351. The summed E-state index contributed by atoms with van der Waals surface area (Å²) in [6.45, 7) is 3.18. The Morgan fingerprint density at radius 3 is 2.31 bits per heavy atom. The molecule has 0 bridgehead atoms. The number of unbranched alkanes of at least 4 members (excludes halogenated alkanes) is 1. The smallest absolute Gasteiger partial charge is 0.410 e. The number of amides is 5. The number of thiazole rings is 1. The first-order valence-corrected chi connectivity index (χ1v) is 18.0. The van der Waals surface area contributed by atoms with Crippen molar-refractivity contribution in [2.24, 2.45) is 0 Å². The molecule has 5 amide bonds. The van der Waals surface area contributed by atoms with Crippen LogP contribution in [0.1, 0.15) is 67.5 Å². The first-order chi connectivity index (χ1) is 25.2. The molecule has 4 aromatic rings. The van der Waals surface area contributed by atoms with E-state index in [0.29, 0.717) is 61.0 Å². The molecule has 15 heteroatoms. The van der Waals surface area contributed by atoms with E-state index in [9.17, 15) is 29.1 Å². The van der Waals surface area contributed by atoms with E-state index in [1.807, 2.05) is 13.1 Å². The number of rotatable bonds is 10. The van der Waals surface area contributed by atoms with Crippen LogP contribution in [0.5, 0.6) is 0 Å². The van der Waals surface area contributed by atoms with Gasteiger partial charge in [0, 0.05) is 30.5 Å². The summed E-state index contributed by atoms with van der Waals surface area (Å²) in [6, 6.07) is 13.1. The van der Waals surface area contributed by atoms with Crippen molar-refractivity contribution >= 4 is 57.7 Å². The Balaban J connectivity index is 1.03. The number of anilines is 2. The molecule has 2 fully saturated rings. The number of carboxylic acid groups (broad SMARTS) is 1. The van der Waals surface area contributed by atoms with Crippen molar-refractivity contribution in [1.82, 2.24) is 24.5 Å². The average molecular weight is 726 g/mol. The van der Waals surface area contributed by atoms with E-state index in [1.165, 1.54) is 21.1 Å². The number of nitrogens with one attached hydrogen (secondary N) is 3. The molecule has 52 heavy (non-hydrogen) atoms. The van der Waals surface area contributed by atoms with Crippen molar-refractivity contribution in [3.05, 3.63) is 83.0 Å². The number of likely N-dealkylation sites (tertiary alicyclic amines) is 2. The molecule has 2 aliphatic heterocycles. The summed E-state index contributed by atoms with van der Waals surface area (Å²) in [4.78, 5) is 72.5. The monoisotopic (exact) mass is 725 g/mol. The third kappa shape index (κ3) is 8.52. The second-order valence-corrected chi connectivity index (χ2v) is 13.5. The molecule has 2 aromatic heterocycles. The Hall–Kier alpha value is -5.88. The van der Waals surface area contributed by atoms with Gasteiger partial charge in [-0.2, -0.15) is 0 Å². The van der Waals surface area contributed by atoms with Gasteiger partial charge in [0.1, 0.15) is 18.1 Å². The number of aromatic nitrogens is 2. The zero-order valence-corrected chi connectivity index (χ0v) is 29.4. The van der Waals surface area contributed by atoms with Crippen LogP contribution in [0.4, 0.5) is 21.1 Å². The van der Waals surface area contributed by atoms with Crippen LogP contribution in [0.3, 0.4) is 0 Å². The Morgan fingerprint density at radius 2 is 1.62 bits per heavy atom. The molecule has 2 aliphatic rings. The number of ether oxygens (including phenoxy) is 1. The van der Waals surface area contributed by atoms with E-state index in [1.54, 1.807) is 65.2 Å². The van der Waals surface area contributed by atoms with Gasteiger partial charge in [-0.1, -0.05) is 60.9 Å². The summed E-state index contributed by atoms with van der Waals surface area (Å²) in [5.41, 5.74) is 1.75. The molecule has 270 valence electrons. The second kappa shape index (κ2) is 16.4. The highest BCUT2D eigenvalue weighted by molar-refractivity contribution is 7.17. The molecule has 14 nitrogen and oxygen atoms in total. The van der Waals surface area contributed by atoms with Crippen LogP contribution in [-0.2, 0) is 19.1 Å². The molecule has 3 atom stereocenters. The third-order valence-electron chi connectivity index (χ3n) is 8.89. The number of fused-ring (bicyclic) bond motifs is 1. The molecule has 0 radical (unpaired) electrons. The maximum absolute atomic E-state index is 13.5. The Kier molecular flexibility index (Phi) is 11.4. The van der Waals surface area contributed by atoms with Gasteiger partial charge in [0.2, 0.25) is 11.8 Å². The third-order valence-corrected chi connectivity index (χ3v) is 9.80. The lowest BCUT2D eigenvalue weighted by Crippen LogP contribution is -2.48. The Bertz CT molecular complexity index is 1970. The number of imidazole rings is 1. The maximum Gasteiger partial charge on any atom is 0.410 e. The fourth-order valence-corrected chi connectivity index (χ4v) is 7.11. The number of carbonyl (C=O) groups is 5. The van der Waals surface area contributed by atoms with Gasteiger partial charge in [0.05, 0.1) is 17.7 Å². The first kappa shape index (κ1) is 35.9. The summed E-state index contributed by atoms with van der Waals surface area (Å²) >= 11 is 1.36. The van der Waals surface area contributed by atoms with Crippen molar-refractivity contribution < 1.29 is 33.8 Å². The van der Waals surface area contributed by atoms with Crippen molar-refractivity contribution in [1.29, 1.82) is 0 Å². The van der Waals surface area contributed by atoms with Gasteiger partial charge < -0.3 is 30.7 Å². The summed E-state index contributed by atoms with van der Waals surface area (Å²) in [7, 11) is 0. The number of benzene rings is 2. The number of hydrogen-bond donors (Lipinski definition) is 4. The molecule has 4 heterocycles. The van der Waals surface area contributed by atoms with E-state index in [-0.39, 0.29) is 11.8 Å². The maximum atomic E-state index is 13.5. The summed E-state index contributed by atoms with van der Waals surface area (Å²) in [5.74, 6) is 5.50. The minimum atomic E-state index is -1.33. The van der Waals surface area contributed by atoms with Crippen molar-refractivity contribution in [2.75, 3.05) is 30.3 Å². The highest BCUT2D eigenvalue weighted by Crippen LogP contribution is 2.26. The predicted molar refractivity (Wildman–Crippen MR) is 194 cm³/mol. The second-order valence-electron chi connectivity index (χ2n) is 12.5. The predicted octanol–water partition coefficient (Wildman–Crippen LogP) is 5.07. The Morgan fingerprint density at radius 1 is 0.923 bits per heavy atom. The highest BCUT2D eigenvalue weighted by atomic mass is 32.1. The molecule has 0 unspecified atom stereocenters. The van der Waals surface area contributed by atoms with Gasteiger partial charge >= 0.3 is 12.2 Å². The molecule has 0 saturated carbocycles. The van der Waals surface area contributed by atoms with E-state index in [0.717, 1.165) is 29.7 Å². The minimum Gasteiger partial charge on any atom is -0.465 e. The quantitative estimate of drug-likeness (QED) is 0.129. The molecule has 4 N–H and O–H groups in total. The van der Waals surface area contributed by atoms with Crippen LogP contribution >= 0.6 is 11.3 Å². The summed E-state index contributed by atoms with van der Waals surface area (Å²) in [6.07, 6.45) is 5.79. The van der Waals surface area contributed by atoms with Crippen LogP contribution in [-0.4, -0.2) is 86.0 Å². The van der Waals surface area contributed by atoms with Gasteiger partial charge in [-0.05, 0) is 67.9 Å². The first-order valence-electron chi connectivity index (χ1n) is 17.2. The molecule has 2 saturated heterocycles. The van der Waals surface area contributed by atoms with Gasteiger partial charge in [0.25, 0.3) is 5.91 Å². The van der Waals surface area contributed by atoms with Gasteiger partial charge in [-0.25, -0.2) is 14.6 Å². The van der Waals surface area contributed by atoms with Crippen LogP contribution < -0.4 is 16.0 Å². The lowest BCUT2D eigenvalue weighted by atomic mass is 10.0. The molecular weight excluding hydrogens is 687 g/mol. The van der Waals surface area contributed by atoms with Crippen LogP contribution in [0, 0.1) is 11.8 Å². The molecule has 0 spiro atoms. The standard InChI is InChI=1S/C37H39N7O7S/c1-2-3-21-51-37(50)44-20-8-12-29(44)33(46)39-30-23-42-22-27(52-35(42)40-30)18-15-24-13-16-26(17-14-24)38-32(45)28-11-7-19-43(28)34(47)31(41-36(48)49)25-9-5-4-6-10-25/h4-6,9-10,13-14,16-17,22-23,28-29,31,41H,2-3,7-8,11-12,19-21H2,1H3,(H,38,45)(H,39,46)(H,48,49)/t28-,29-,31+/m0/s1. The fourth-order valence-electron chi connectivity index (χ4n) is 6.29. The van der Waals surface area contributed by atoms with Crippen LogP contribution in [0.2, 0.25) is 0 Å². The lowest BCUT2D eigenvalue weighted by Gasteiger charge is -2.28. The number of carbonyl (C=O) groups excluding carboxylic acids is 4. The van der Waals surface area contributed by atoms with Crippen LogP contribution in [0.15, 0.2) is 67.0 Å². The van der Waals surface area contributed by atoms with Crippen molar-refractivity contribution in [2.45, 2.75) is 63.6 Å². The van der Waals surface area contributed by atoms with Gasteiger partial charge in [-0.15, -0.1) is 0 Å². The largest absolute Gasteiger partial charge is 0.465 e. The highest BCUT2D eigenvalue weighted by Gasteiger charge is 2.38. The van der Waals surface area contributed by atoms with Crippen molar-refractivity contribution in [3.8, 4) is 11.8 Å². The number of hydrogen-bond acceptors (Lipinski definition) is 8. The zero-order chi connectivity index (χ0) is 36.6. The molecular formula is C37H39N7O7S. The van der Waals surface area contributed by atoms with E-state index in [4.69, 9.17) is 4.74 Å². The lowest BCUT2D eigenvalue weighted by molar-refractivity contribution is -0.138. The molecule has 2 aromatic carbocycles. The van der Waals surface area contributed by atoms with Gasteiger partial charge in [-0.3, -0.25) is 23.7 Å². The van der Waals surface area contributed by atoms with E-state index >= 15 is 0 Å². The molecule has 0 aliphatic carbocycles. The van der Waals surface area contributed by atoms with Crippen molar-refractivity contribution in [3.63, 3.8) is 0 Å². The van der Waals surface area contributed by atoms with E-state index < -0.39 is 36.2 Å². The normalized spacial score (nSPS) is 17.2. The van der Waals surface area contributed by atoms with E-state index in [2.05, 4.69) is 32.8 Å². The SMILES string of the molecule is CCCCOC(=O)N1CCC[C@H]1C(=O)Nc1cn2cc(C#Cc3ccc(NC(=O)[C@@H]4CCCN4C(=O)[C@H](NC(=O)O)c4ccccc4)cc3)sc2n1. The summed E-state index contributed by atoms with van der Waals surface area (Å²) in [5, 5.41) is 17.4. The topological polar surface area (TPSA) is 175 Å². The average Bonchev–Trinajstić information content (AvgIpc) is 3.95. The number of nitrogens with zero attached hydrogens (tertiary/aromatic N) is 4. The van der Waals surface area contributed by atoms with Crippen LogP contribution in [0.25, 0.3) is 4.96 Å². The Labute approximate surface area is 304 Å². The zero-order valence-electron chi connectivity index (χ0n) is 28.5.